The van der Waals surface area contributed by atoms with E-state index in [-0.39, 0.29) is 5.54 Å². The molecule has 0 amide bonds. The number of nitrogens with zero attached hydrogens (tertiary/aromatic N) is 3. The predicted molar refractivity (Wildman–Crippen MR) is 88.0 cm³/mol. The van der Waals surface area contributed by atoms with Gasteiger partial charge < -0.3 is 10.1 Å². The molecule has 1 N–H and O–H groups in total. The molecule has 0 aliphatic carbocycles. The van der Waals surface area contributed by atoms with Gasteiger partial charge in [-0.05, 0) is 39.2 Å². The van der Waals surface area contributed by atoms with Crippen LogP contribution in [-0.2, 0) is 11.2 Å². The molecule has 2 rings (SSSR count). The molecule has 2 heterocycles. The Morgan fingerprint density at radius 3 is 3.00 bits per heavy atom. The Kier molecular flexibility index (Phi) is 5.96. The van der Waals surface area contributed by atoms with E-state index in [4.69, 9.17) is 4.74 Å². The summed E-state index contributed by atoms with van der Waals surface area (Å²) in [6.45, 7) is 10.9. The van der Waals surface area contributed by atoms with E-state index in [0.717, 1.165) is 29.8 Å². The number of methoxy groups -OCH3 is 1. The van der Waals surface area contributed by atoms with E-state index in [1.54, 1.807) is 7.11 Å². The number of hydrogen-bond donors (Lipinski definition) is 1. The van der Waals surface area contributed by atoms with Crippen LogP contribution in [0, 0.1) is 5.92 Å². The molecule has 0 radical (unpaired) electrons. The lowest BCUT2D eigenvalue weighted by molar-refractivity contribution is 0.0801. The molecule has 6 heteroatoms. The molecule has 0 saturated carbocycles. The predicted octanol–water partition coefficient (Wildman–Crippen LogP) is 2.65. The van der Waals surface area contributed by atoms with Crippen LogP contribution in [0.3, 0.4) is 0 Å². The molecular formula is C15H28N4OS. The molecule has 0 bridgehead atoms. The molecule has 0 spiro atoms. The smallest absolute Gasteiger partial charge is 0.202 e. The van der Waals surface area contributed by atoms with Crippen molar-refractivity contribution in [2.45, 2.75) is 45.6 Å². The van der Waals surface area contributed by atoms with Crippen LogP contribution in [0.2, 0.25) is 0 Å². The fraction of sp³-hybridized carbons (Fsp3) is 0.867. The Hall–Kier alpha value is -0.720. The van der Waals surface area contributed by atoms with Crippen molar-refractivity contribution in [2.24, 2.45) is 5.92 Å². The Bertz CT molecular complexity index is 435. The van der Waals surface area contributed by atoms with Crippen LogP contribution in [0.15, 0.2) is 0 Å². The molecule has 5 nitrogen and oxygen atoms in total. The zero-order valence-corrected chi connectivity index (χ0v) is 14.5. The Balaban J connectivity index is 1.84. The van der Waals surface area contributed by atoms with E-state index in [9.17, 15) is 0 Å². The highest BCUT2D eigenvalue weighted by Crippen LogP contribution is 2.24. The van der Waals surface area contributed by atoms with Crippen LogP contribution in [0.5, 0.6) is 0 Å². The maximum atomic E-state index is 5.06. The number of aromatic nitrogens is 2. The standard InChI is InChI=1S/C15H28N4OS/c1-12-6-5-8-19(10-12)15(2,3)11-16-14-17-13(18-21-14)7-9-20-4/h12H,5-11H2,1-4H3,(H,16,17,18). The van der Waals surface area contributed by atoms with Gasteiger partial charge in [0.25, 0.3) is 0 Å². The van der Waals surface area contributed by atoms with Gasteiger partial charge in [-0.1, -0.05) is 6.92 Å². The van der Waals surface area contributed by atoms with Crippen molar-refractivity contribution in [3.05, 3.63) is 5.82 Å². The maximum Gasteiger partial charge on any atom is 0.202 e. The van der Waals surface area contributed by atoms with E-state index < -0.39 is 0 Å². The number of rotatable bonds is 7. The van der Waals surface area contributed by atoms with Crippen LogP contribution in [0.4, 0.5) is 5.13 Å². The van der Waals surface area contributed by atoms with Gasteiger partial charge in [-0.15, -0.1) is 0 Å². The molecule has 21 heavy (non-hydrogen) atoms. The maximum absolute atomic E-state index is 5.06. The highest BCUT2D eigenvalue weighted by molar-refractivity contribution is 7.09. The van der Waals surface area contributed by atoms with Crippen molar-refractivity contribution in [3.8, 4) is 0 Å². The molecule has 1 aliphatic rings. The monoisotopic (exact) mass is 312 g/mol. The molecule has 1 atom stereocenters. The second-order valence-electron chi connectivity index (χ2n) is 6.62. The summed E-state index contributed by atoms with van der Waals surface area (Å²) in [6, 6.07) is 0. The average molecular weight is 312 g/mol. The highest BCUT2D eigenvalue weighted by atomic mass is 32.1. The minimum atomic E-state index is 0.146. The minimum absolute atomic E-state index is 0.146. The molecule has 1 fully saturated rings. The van der Waals surface area contributed by atoms with Crippen molar-refractivity contribution >= 4 is 16.7 Å². The average Bonchev–Trinajstić information content (AvgIpc) is 2.91. The van der Waals surface area contributed by atoms with Crippen molar-refractivity contribution < 1.29 is 4.74 Å². The quantitative estimate of drug-likeness (QED) is 0.839. The van der Waals surface area contributed by atoms with Gasteiger partial charge in [-0.2, -0.15) is 4.37 Å². The van der Waals surface area contributed by atoms with E-state index in [1.165, 1.54) is 37.5 Å². The fourth-order valence-electron chi connectivity index (χ4n) is 2.76. The first-order valence-electron chi connectivity index (χ1n) is 7.82. The summed E-state index contributed by atoms with van der Waals surface area (Å²) in [7, 11) is 1.70. The van der Waals surface area contributed by atoms with Gasteiger partial charge in [-0.25, -0.2) is 4.98 Å². The third kappa shape index (κ3) is 4.90. The van der Waals surface area contributed by atoms with Crippen LogP contribution in [0.1, 0.15) is 39.4 Å². The minimum Gasteiger partial charge on any atom is -0.384 e. The first-order valence-corrected chi connectivity index (χ1v) is 8.59. The first-order chi connectivity index (χ1) is 10.0. The van der Waals surface area contributed by atoms with Gasteiger partial charge in [0.15, 0.2) is 0 Å². The zero-order chi connectivity index (χ0) is 15.3. The molecule has 1 aromatic heterocycles. The van der Waals surface area contributed by atoms with Crippen LogP contribution >= 0.6 is 11.5 Å². The van der Waals surface area contributed by atoms with Gasteiger partial charge in [0.2, 0.25) is 5.13 Å². The van der Waals surface area contributed by atoms with Crippen LogP contribution in [0.25, 0.3) is 0 Å². The van der Waals surface area contributed by atoms with Crippen molar-refractivity contribution in [1.29, 1.82) is 0 Å². The molecule has 0 aromatic carbocycles. The summed E-state index contributed by atoms with van der Waals surface area (Å²) >= 11 is 1.44. The molecule has 120 valence electrons. The second-order valence-corrected chi connectivity index (χ2v) is 7.37. The molecule has 1 saturated heterocycles. The van der Waals surface area contributed by atoms with E-state index in [2.05, 4.69) is 40.3 Å². The third-order valence-electron chi connectivity index (χ3n) is 4.18. The topological polar surface area (TPSA) is 50.3 Å². The van der Waals surface area contributed by atoms with Crippen molar-refractivity contribution in [2.75, 3.05) is 38.7 Å². The third-order valence-corrected chi connectivity index (χ3v) is 4.89. The van der Waals surface area contributed by atoms with Gasteiger partial charge in [0, 0.05) is 43.7 Å². The van der Waals surface area contributed by atoms with Crippen molar-refractivity contribution in [1.82, 2.24) is 14.3 Å². The van der Waals surface area contributed by atoms with Crippen LogP contribution < -0.4 is 5.32 Å². The molecule has 1 unspecified atom stereocenters. The SMILES string of the molecule is COCCc1nsc(NCC(C)(C)N2CCCC(C)C2)n1. The van der Waals surface area contributed by atoms with E-state index in [0.29, 0.717) is 6.61 Å². The Morgan fingerprint density at radius 1 is 1.48 bits per heavy atom. The number of nitrogens with one attached hydrogen (secondary N) is 1. The van der Waals surface area contributed by atoms with Gasteiger partial charge in [-0.3, -0.25) is 4.90 Å². The summed E-state index contributed by atoms with van der Waals surface area (Å²) in [4.78, 5) is 7.11. The Morgan fingerprint density at radius 2 is 2.29 bits per heavy atom. The summed E-state index contributed by atoms with van der Waals surface area (Å²) in [5.41, 5.74) is 0.146. The number of anilines is 1. The summed E-state index contributed by atoms with van der Waals surface area (Å²) in [5, 5.41) is 4.37. The van der Waals surface area contributed by atoms with E-state index >= 15 is 0 Å². The number of likely N-dealkylation sites (tertiary alicyclic amines) is 1. The molecular weight excluding hydrogens is 284 g/mol. The number of hydrogen-bond acceptors (Lipinski definition) is 6. The highest BCUT2D eigenvalue weighted by Gasteiger charge is 2.30. The number of ether oxygens (including phenoxy) is 1. The summed E-state index contributed by atoms with van der Waals surface area (Å²) in [5.74, 6) is 1.67. The normalized spacial score (nSPS) is 20.7. The largest absolute Gasteiger partial charge is 0.384 e. The second kappa shape index (κ2) is 7.51. The Labute approximate surface area is 132 Å². The van der Waals surface area contributed by atoms with Gasteiger partial charge in [0.1, 0.15) is 5.82 Å². The lowest BCUT2D eigenvalue weighted by atomic mass is 9.93. The first kappa shape index (κ1) is 16.6. The van der Waals surface area contributed by atoms with Gasteiger partial charge in [0.05, 0.1) is 6.61 Å². The molecule has 1 aliphatic heterocycles. The number of piperidine rings is 1. The lowest BCUT2D eigenvalue weighted by Crippen LogP contribution is -2.52. The van der Waals surface area contributed by atoms with E-state index in [1.807, 2.05) is 0 Å². The molecule has 1 aromatic rings. The van der Waals surface area contributed by atoms with Crippen LogP contribution in [-0.4, -0.2) is 53.1 Å². The summed E-state index contributed by atoms with van der Waals surface area (Å²) in [6.07, 6.45) is 3.45. The zero-order valence-electron chi connectivity index (χ0n) is 13.7. The van der Waals surface area contributed by atoms with Crippen molar-refractivity contribution in [3.63, 3.8) is 0 Å². The van der Waals surface area contributed by atoms with Gasteiger partial charge >= 0.3 is 0 Å². The lowest BCUT2D eigenvalue weighted by Gasteiger charge is -2.43. The fourth-order valence-corrected chi connectivity index (χ4v) is 3.37. The summed E-state index contributed by atoms with van der Waals surface area (Å²) < 4.78 is 9.41.